The summed E-state index contributed by atoms with van der Waals surface area (Å²) >= 11 is 5.97. The van der Waals surface area contributed by atoms with Crippen molar-refractivity contribution in [3.05, 3.63) is 77.2 Å². The molecule has 0 spiro atoms. The van der Waals surface area contributed by atoms with Crippen molar-refractivity contribution in [2.75, 3.05) is 6.54 Å². The number of aromatic nitrogens is 2. The van der Waals surface area contributed by atoms with E-state index in [4.69, 9.17) is 11.6 Å². The van der Waals surface area contributed by atoms with Crippen molar-refractivity contribution in [1.29, 1.82) is 0 Å². The summed E-state index contributed by atoms with van der Waals surface area (Å²) in [5, 5.41) is 3.25. The van der Waals surface area contributed by atoms with Crippen LogP contribution in [0.1, 0.15) is 30.3 Å². The molecule has 0 radical (unpaired) electrons. The fourth-order valence-corrected chi connectivity index (χ4v) is 3.63. The highest BCUT2D eigenvalue weighted by atomic mass is 35.5. The molecule has 0 aliphatic carbocycles. The number of urea groups is 1. The largest absolute Gasteiger partial charge is 0.340 e. The van der Waals surface area contributed by atoms with Crippen LogP contribution in [0.4, 0.5) is 4.79 Å². The first kappa shape index (κ1) is 18.3. The van der Waals surface area contributed by atoms with Crippen LogP contribution < -0.4 is 5.32 Å². The Balaban J connectivity index is 1.74. The molecule has 3 amide bonds. The normalized spacial score (nSPS) is 16.1. The number of aromatic amines is 1. The Labute approximate surface area is 167 Å². The van der Waals surface area contributed by atoms with Crippen molar-refractivity contribution in [3.8, 4) is 11.3 Å². The van der Waals surface area contributed by atoms with Gasteiger partial charge in [0.1, 0.15) is 11.9 Å². The quantitative estimate of drug-likeness (QED) is 0.639. The Morgan fingerprint density at radius 1 is 1.07 bits per heavy atom. The maximum Gasteiger partial charge on any atom is 0.325 e. The molecule has 4 rings (SSSR count). The molecule has 3 aromatic rings. The highest BCUT2D eigenvalue weighted by Gasteiger charge is 2.40. The number of amides is 3. The number of imidazole rings is 1. The smallest absolute Gasteiger partial charge is 0.325 e. The fourth-order valence-electron chi connectivity index (χ4n) is 3.50. The number of carbonyl (C=O) groups excluding carboxylic acids is 2. The lowest BCUT2D eigenvalue weighted by Crippen LogP contribution is -2.38. The summed E-state index contributed by atoms with van der Waals surface area (Å²) in [5.41, 5.74) is 2.74. The molecule has 2 heterocycles. The highest BCUT2D eigenvalue weighted by Crippen LogP contribution is 2.36. The third kappa shape index (κ3) is 3.39. The van der Waals surface area contributed by atoms with Crippen molar-refractivity contribution in [3.63, 3.8) is 0 Å². The van der Waals surface area contributed by atoms with Crippen LogP contribution in [0.2, 0.25) is 5.02 Å². The van der Waals surface area contributed by atoms with Gasteiger partial charge in [0.05, 0.1) is 18.4 Å². The summed E-state index contributed by atoms with van der Waals surface area (Å²) in [6, 6.07) is 16.2. The predicted octanol–water partition coefficient (Wildman–Crippen LogP) is 4.13. The number of imide groups is 1. The van der Waals surface area contributed by atoms with E-state index in [1.54, 1.807) is 18.3 Å². The van der Waals surface area contributed by atoms with Crippen LogP contribution >= 0.6 is 11.6 Å². The van der Waals surface area contributed by atoms with Gasteiger partial charge in [-0.15, -0.1) is 0 Å². The molecule has 0 bridgehead atoms. The first-order valence-electron chi connectivity index (χ1n) is 9.00. The molecular weight excluding hydrogens is 376 g/mol. The average Bonchev–Trinajstić information content (AvgIpc) is 3.32. The highest BCUT2D eigenvalue weighted by molar-refractivity contribution is 6.30. The lowest BCUT2D eigenvalue weighted by molar-refractivity contribution is -0.127. The van der Waals surface area contributed by atoms with Crippen molar-refractivity contribution < 1.29 is 9.59 Å². The van der Waals surface area contributed by atoms with E-state index in [1.165, 1.54) is 4.90 Å². The van der Waals surface area contributed by atoms with E-state index >= 15 is 0 Å². The van der Waals surface area contributed by atoms with Crippen molar-refractivity contribution >= 4 is 23.5 Å². The van der Waals surface area contributed by atoms with Crippen LogP contribution in [-0.4, -0.2) is 33.4 Å². The lowest BCUT2D eigenvalue weighted by Gasteiger charge is -2.29. The molecular formula is C21H19ClN4O2. The van der Waals surface area contributed by atoms with Gasteiger partial charge in [-0.3, -0.25) is 9.69 Å². The zero-order chi connectivity index (χ0) is 19.7. The average molecular weight is 395 g/mol. The minimum absolute atomic E-state index is 0.00158. The molecule has 2 N–H and O–H groups in total. The van der Waals surface area contributed by atoms with Gasteiger partial charge in [0, 0.05) is 10.9 Å². The van der Waals surface area contributed by atoms with Crippen LogP contribution in [-0.2, 0) is 4.79 Å². The van der Waals surface area contributed by atoms with Crippen molar-refractivity contribution in [2.24, 2.45) is 0 Å². The van der Waals surface area contributed by atoms with Crippen LogP contribution in [0.25, 0.3) is 11.3 Å². The van der Waals surface area contributed by atoms with Crippen molar-refractivity contribution in [1.82, 2.24) is 20.2 Å². The number of hydrogen-bond donors (Lipinski definition) is 2. The molecule has 1 aromatic heterocycles. The van der Waals surface area contributed by atoms with Crippen LogP contribution in [0.3, 0.4) is 0 Å². The summed E-state index contributed by atoms with van der Waals surface area (Å²) in [7, 11) is 0. The summed E-state index contributed by atoms with van der Waals surface area (Å²) in [6.45, 7) is 1.99. The molecule has 2 unspecified atom stereocenters. The number of halogens is 1. The maximum absolute atomic E-state index is 12.4. The number of nitrogens with zero attached hydrogens (tertiary/aromatic N) is 2. The Kier molecular flexibility index (Phi) is 4.88. The SMILES string of the molecule is CC(c1ccccc1)C(c1ncc(-c2ccc(Cl)cc2)[nH]1)N1C(=O)CNC1=O. The molecule has 6 nitrogen and oxygen atoms in total. The second kappa shape index (κ2) is 7.48. The van der Waals surface area contributed by atoms with Gasteiger partial charge in [-0.05, 0) is 23.3 Å². The molecule has 1 saturated heterocycles. The zero-order valence-corrected chi connectivity index (χ0v) is 16.0. The summed E-state index contributed by atoms with van der Waals surface area (Å²) in [6.07, 6.45) is 1.71. The second-order valence-electron chi connectivity index (χ2n) is 6.76. The number of nitrogens with one attached hydrogen (secondary N) is 2. The second-order valence-corrected chi connectivity index (χ2v) is 7.19. The van der Waals surface area contributed by atoms with Gasteiger partial charge < -0.3 is 10.3 Å². The van der Waals surface area contributed by atoms with Gasteiger partial charge in [-0.1, -0.05) is 61.0 Å². The monoisotopic (exact) mass is 394 g/mol. The molecule has 142 valence electrons. The molecule has 1 aliphatic rings. The molecule has 1 fully saturated rings. The third-order valence-electron chi connectivity index (χ3n) is 4.99. The van der Waals surface area contributed by atoms with Gasteiger partial charge in [0.25, 0.3) is 5.91 Å². The Hall–Kier alpha value is -3.12. The van der Waals surface area contributed by atoms with E-state index in [2.05, 4.69) is 15.3 Å². The number of benzene rings is 2. The van der Waals surface area contributed by atoms with Crippen LogP contribution in [0.5, 0.6) is 0 Å². The van der Waals surface area contributed by atoms with Crippen LogP contribution in [0.15, 0.2) is 60.8 Å². The molecule has 0 saturated carbocycles. The predicted molar refractivity (Wildman–Crippen MR) is 107 cm³/mol. The van der Waals surface area contributed by atoms with E-state index in [0.717, 1.165) is 16.8 Å². The Morgan fingerprint density at radius 2 is 1.79 bits per heavy atom. The molecule has 2 atom stereocenters. The number of hydrogen-bond acceptors (Lipinski definition) is 3. The van der Waals surface area contributed by atoms with Crippen LogP contribution in [0, 0.1) is 0 Å². The maximum atomic E-state index is 12.4. The molecule has 1 aliphatic heterocycles. The van der Waals surface area contributed by atoms with Crippen molar-refractivity contribution in [2.45, 2.75) is 18.9 Å². The number of carbonyl (C=O) groups is 2. The van der Waals surface area contributed by atoms with Gasteiger partial charge >= 0.3 is 6.03 Å². The number of H-pyrrole nitrogens is 1. The minimum atomic E-state index is -0.543. The van der Waals surface area contributed by atoms with E-state index < -0.39 is 12.1 Å². The topological polar surface area (TPSA) is 78.1 Å². The van der Waals surface area contributed by atoms with Gasteiger partial charge in [-0.2, -0.15) is 0 Å². The lowest BCUT2D eigenvalue weighted by atomic mass is 9.91. The number of rotatable bonds is 5. The first-order valence-corrected chi connectivity index (χ1v) is 9.38. The van der Waals surface area contributed by atoms with Gasteiger partial charge in [0.2, 0.25) is 0 Å². The molecule has 7 heteroatoms. The van der Waals surface area contributed by atoms with E-state index in [1.807, 2.05) is 49.4 Å². The van der Waals surface area contributed by atoms with E-state index in [0.29, 0.717) is 10.8 Å². The fraction of sp³-hybridized carbons (Fsp3) is 0.190. The molecule has 28 heavy (non-hydrogen) atoms. The third-order valence-corrected chi connectivity index (χ3v) is 5.24. The van der Waals surface area contributed by atoms with E-state index in [-0.39, 0.29) is 18.4 Å². The summed E-state index contributed by atoms with van der Waals surface area (Å²) in [5.74, 6) is 0.159. The Morgan fingerprint density at radius 3 is 2.43 bits per heavy atom. The minimum Gasteiger partial charge on any atom is -0.340 e. The molecule has 2 aromatic carbocycles. The first-order chi connectivity index (χ1) is 13.5. The summed E-state index contributed by atoms with van der Waals surface area (Å²) in [4.78, 5) is 33.9. The standard InChI is InChI=1S/C21H19ClN4O2/c1-13(14-5-3-2-4-6-14)19(26-18(27)12-24-21(26)28)20-23-11-17(25-20)15-7-9-16(22)10-8-15/h2-11,13,19H,12H2,1H3,(H,23,25)(H,24,28). The zero-order valence-electron chi connectivity index (χ0n) is 15.2. The summed E-state index contributed by atoms with van der Waals surface area (Å²) < 4.78 is 0. The van der Waals surface area contributed by atoms with E-state index in [9.17, 15) is 9.59 Å². The Bertz CT molecular complexity index is 985. The van der Waals surface area contributed by atoms with Gasteiger partial charge in [-0.25, -0.2) is 9.78 Å². The van der Waals surface area contributed by atoms with Gasteiger partial charge in [0.15, 0.2) is 0 Å².